The van der Waals surface area contributed by atoms with Crippen LogP contribution in [0.2, 0.25) is 5.02 Å². The molecule has 2 aliphatic heterocycles. The largest absolute Gasteiger partial charge is 0.350 e. The van der Waals surface area contributed by atoms with Crippen molar-refractivity contribution in [3.05, 3.63) is 70.2 Å². The van der Waals surface area contributed by atoms with E-state index in [1.807, 2.05) is 42.5 Å². The minimum Gasteiger partial charge on any atom is -0.350 e. The molecule has 0 bridgehead atoms. The molecular weight excluding hydrogens is 344 g/mol. The van der Waals surface area contributed by atoms with E-state index in [1.54, 1.807) is 22.7 Å². The van der Waals surface area contributed by atoms with Crippen LogP contribution >= 0.6 is 23.4 Å². The summed E-state index contributed by atoms with van der Waals surface area (Å²) in [7, 11) is 0. The second kappa shape index (κ2) is 6.15. The molecule has 2 aromatic carbocycles. The highest BCUT2D eigenvalue weighted by Gasteiger charge is 2.48. The summed E-state index contributed by atoms with van der Waals surface area (Å²) in [4.78, 5) is 26.9. The van der Waals surface area contributed by atoms with E-state index < -0.39 is 6.04 Å². The molecule has 0 radical (unpaired) electrons. The fourth-order valence-electron chi connectivity index (χ4n) is 3.18. The Bertz CT molecular complexity index is 826. The number of carbonyl (C=O) groups is 2. The normalized spacial score (nSPS) is 21.5. The van der Waals surface area contributed by atoms with E-state index in [0.717, 1.165) is 11.1 Å². The first kappa shape index (κ1) is 15.5. The Morgan fingerprint density at radius 1 is 1.21 bits per heavy atom. The van der Waals surface area contributed by atoms with Crippen LogP contribution in [-0.2, 0) is 11.3 Å². The molecule has 2 atom stereocenters. The summed E-state index contributed by atoms with van der Waals surface area (Å²) in [6.07, 6.45) is 0. The van der Waals surface area contributed by atoms with Crippen molar-refractivity contribution in [3.63, 3.8) is 0 Å². The lowest BCUT2D eigenvalue weighted by Crippen LogP contribution is -2.45. The van der Waals surface area contributed by atoms with Gasteiger partial charge in [-0.25, -0.2) is 0 Å². The molecule has 0 saturated carbocycles. The van der Waals surface area contributed by atoms with Crippen LogP contribution in [0.25, 0.3) is 0 Å². The molecule has 1 N–H and O–H groups in total. The zero-order valence-corrected chi connectivity index (χ0v) is 14.3. The first-order valence-electron chi connectivity index (χ1n) is 7.71. The number of nitrogens with one attached hydrogen (secondary N) is 1. The minimum atomic E-state index is -0.442. The van der Waals surface area contributed by atoms with E-state index in [4.69, 9.17) is 11.6 Å². The third-order valence-corrected chi connectivity index (χ3v) is 6.08. The van der Waals surface area contributed by atoms with Gasteiger partial charge in [0, 0.05) is 22.9 Å². The molecule has 0 spiro atoms. The van der Waals surface area contributed by atoms with Crippen LogP contribution < -0.4 is 5.32 Å². The van der Waals surface area contributed by atoms with Gasteiger partial charge < -0.3 is 10.2 Å². The second-order valence-corrected chi connectivity index (χ2v) is 7.33. The average molecular weight is 359 g/mol. The quantitative estimate of drug-likeness (QED) is 0.916. The molecule has 2 aliphatic rings. The van der Waals surface area contributed by atoms with Crippen LogP contribution in [0.1, 0.15) is 26.9 Å². The molecule has 1 fully saturated rings. The van der Waals surface area contributed by atoms with Crippen LogP contribution in [-0.4, -0.2) is 28.5 Å². The number of fused-ring (bicyclic) bond motifs is 3. The summed E-state index contributed by atoms with van der Waals surface area (Å²) in [6, 6.07) is 14.6. The Morgan fingerprint density at radius 3 is 2.79 bits per heavy atom. The van der Waals surface area contributed by atoms with Crippen molar-refractivity contribution in [2.75, 3.05) is 5.75 Å². The maximum atomic E-state index is 12.6. The van der Waals surface area contributed by atoms with Crippen molar-refractivity contribution in [2.45, 2.75) is 18.0 Å². The molecule has 4 rings (SSSR count). The van der Waals surface area contributed by atoms with Gasteiger partial charge >= 0.3 is 0 Å². The molecule has 24 heavy (non-hydrogen) atoms. The first-order chi connectivity index (χ1) is 11.7. The summed E-state index contributed by atoms with van der Waals surface area (Å²) in [5.41, 5.74) is 2.58. The summed E-state index contributed by atoms with van der Waals surface area (Å²) in [6.45, 7) is 0.360. The fraction of sp³-hybridized carbons (Fsp3) is 0.222. The van der Waals surface area contributed by atoms with Crippen LogP contribution in [0.15, 0.2) is 48.5 Å². The highest BCUT2D eigenvalue weighted by Crippen LogP contribution is 2.48. The van der Waals surface area contributed by atoms with Gasteiger partial charge in [-0.1, -0.05) is 48.0 Å². The van der Waals surface area contributed by atoms with Gasteiger partial charge in [-0.2, -0.15) is 0 Å². The van der Waals surface area contributed by atoms with Crippen LogP contribution in [0, 0.1) is 0 Å². The Kier molecular flexibility index (Phi) is 3.98. The lowest BCUT2D eigenvalue weighted by Gasteiger charge is -2.22. The summed E-state index contributed by atoms with van der Waals surface area (Å²) >= 11 is 7.76. The summed E-state index contributed by atoms with van der Waals surface area (Å²) in [5.74, 6) is 0.420. The first-order valence-corrected chi connectivity index (χ1v) is 9.14. The van der Waals surface area contributed by atoms with Gasteiger partial charge in [0.15, 0.2) is 0 Å². The van der Waals surface area contributed by atoms with E-state index >= 15 is 0 Å². The predicted molar refractivity (Wildman–Crippen MR) is 94.9 cm³/mol. The van der Waals surface area contributed by atoms with Crippen molar-refractivity contribution in [1.29, 1.82) is 0 Å². The maximum absolute atomic E-state index is 12.6. The monoisotopic (exact) mass is 358 g/mol. The van der Waals surface area contributed by atoms with Gasteiger partial charge in [-0.15, -0.1) is 11.8 Å². The number of nitrogens with zero attached hydrogens (tertiary/aromatic N) is 1. The molecular formula is C18H15ClN2O2S. The predicted octanol–water partition coefficient (Wildman–Crippen LogP) is 3.23. The zero-order valence-electron chi connectivity index (χ0n) is 12.7. The number of hydrogen-bond acceptors (Lipinski definition) is 3. The lowest BCUT2D eigenvalue weighted by atomic mass is 10.1. The van der Waals surface area contributed by atoms with Crippen LogP contribution in [0.3, 0.4) is 0 Å². The van der Waals surface area contributed by atoms with E-state index in [0.29, 0.717) is 22.9 Å². The number of amides is 2. The van der Waals surface area contributed by atoms with Crippen LogP contribution in [0.5, 0.6) is 0 Å². The van der Waals surface area contributed by atoms with Gasteiger partial charge in [0.2, 0.25) is 5.91 Å². The summed E-state index contributed by atoms with van der Waals surface area (Å²) in [5, 5.41) is 3.49. The number of hydrogen-bond donors (Lipinski definition) is 1. The second-order valence-electron chi connectivity index (χ2n) is 5.81. The Hall–Kier alpha value is -1.98. The molecule has 6 heteroatoms. The number of carbonyl (C=O) groups excluding carboxylic acids is 2. The molecule has 0 aromatic heterocycles. The Morgan fingerprint density at radius 2 is 1.96 bits per heavy atom. The van der Waals surface area contributed by atoms with E-state index in [2.05, 4.69) is 5.32 Å². The molecule has 0 unspecified atom stereocenters. The standard InChI is InChI=1S/C18H15ClN2O2S/c19-14-8-4-1-5-11(14)9-20-16(22)15-10-24-18-13-7-3-2-6-12(13)17(23)21(15)18/h1-8,15,18H,9-10H2,(H,20,22)/t15-,18-/m0/s1. The van der Waals surface area contributed by atoms with Crippen molar-refractivity contribution in [3.8, 4) is 0 Å². The van der Waals surface area contributed by atoms with Gasteiger partial charge in [-0.3, -0.25) is 9.59 Å². The smallest absolute Gasteiger partial charge is 0.256 e. The maximum Gasteiger partial charge on any atom is 0.256 e. The van der Waals surface area contributed by atoms with Crippen molar-refractivity contribution >= 4 is 35.2 Å². The van der Waals surface area contributed by atoms with Gasteiger partial charge in [0.05, 0.1) is 0 Å². The molecule has 0 aliphatic carbocycles. The third-order valence-electron chi connectivity index (χ3n) is 4.41. The van der Waals surface area contributed by atoms with E-state index in [9.17, 15) is 9.59 Å². The highest BCUT2D eigenvalue weighted by atomic mass is 35.5. The van der Waals surface area contributed by atoms with Crippen molar-refractivity contribution < 1.29 is 9.59 Å². The molecule has 1 saturated heterocycles. The summed E-state index contributed by atoms with van der Waals surface area (Å²) < 4.78 is 0. The average Bonchev–Trinajstić information content (AvgIpc) is 3.15. The van der Waals surface area contributed by atoms with Crippen LogP contribution in [0.4, 0.5) is 0 Å². The lowest BCUT2D eigenvalue weighted by molar-refractivity contribution is -0.124. The minimum absolute atomic E-state index is 0.0511. The number of rotatable bonds is 3. The van der Waals surface area contributed by atoms with Crippen molar-refractivity contribution in [2.24, 2.45) is 0 Å². The Labute approximate surface area is 149 Å². The molecule has 4 nitrogen and oxygen atoms in total. The van der Waals surface area contributed by atoms with Gasteiger partial charge in [-0.05, 0) is 23.3 Å². The fourth-order valence-corrected chi connectivity index (χ4v) is 4.85. The number of benzene rings is 2. The number of thioether (sulfide) groups is 1. The van der Waals surface area contributed by atoms with Gasteiger partial charge in [0.1, 0.15) is 11.4 Å². The van der Waals surface area contributed by atoms with Crippen molar-refractivity contribution in [1.82, 2.24) is 10.2 Å². The van der Waals surface area contributed by atoms with Gasteiger partial charge in [0.25, 0.3) is 5.91 Å². The topological polar surface area (TPSA) is 49.4 Å². The molecule has 2 amide bonds. The third kappa shape index (κ3) is 2.48. The molecule has 2 aromatic rings. The van der Waals surface area contributed by atoms with E-state index in [-0.39, 0.29) is 17.2 Å². The molecule has 122 valence electrons. The Balaban J connectivity index is 1.49. The highest BCUT2D eigenvalue weighted by molar-refractivity contribution is 7.99. The number of halogens is 1. The molecule has 2 heterocycles. The van der Waals surface area contributed by atoms with E-state index in [1.165, 1.54) is 0 Å². The zero-order chi connectivity index (χ0) is 16.7. The SMILES string of the molecule is O=C(NCc1ccccc1Cl)[C@@H]1CS[C@H]2c3ccccc3C(=O)N12.